The van der Waals surface area contributed by atoms with E-state index in [2.05, 4.69) is 18.0 Å². The summed E-state index contributed by atoms with van der Waals surface area (Å²) in [7, 11) is 0. The Labute approximate surface area is 157 Å². The molecule has 0 aromatic carbocycles. The number of unbranched alkanes of at least 4 members (excludes halogenated alkanes) is 3. The minimum atomic E-state index is -0.901. The maximum atomic E-state index is 11.8. The van der Waals surface area contributed by atoms with Crippen LogP contribution in [0, 0.1) is 23.7 Å². The lowest BCUT2D eigenvalue weighted by molar-refractivity contribution is -0.148. The zero-order chi connectivity index (χ0) is 19.5. The molecular formula is C21H35NO4. The lowest BCUT2D eigenvalue weighted by Crippen LogP contribution is -2.31. The van der Waals surface area contributed by atoms with Gasteiger partial charge in [-0.15, -0.1) is 0 Å². The molecule has 0 aliphatic carbocycles. The van der Waals surface area contributed by atoms with Crippen molar-refractivity contribution in [2.75, 3.05) is 0 Å². The van der Waals surface area contributed by atoms with Crippen molar-refractivity contribution >= 4 is 18.2 Å². The molecule has 4 atom stereocenters. The third-order valence-electron chi connectivity index (χ3n) is 5.49. The molecule has 0 bridgehead atoms. The smallest absolute Gasteiger partial charge is 0.306 e. The van der Waals surface area contributed by atoms with Crippen LogP contribution in [0.4, 0.5) is 0 Å². The first-order valence-electron chi connectivity index (χ1n) is 10.0. The van der Waals surface area contributed by atoms with Gasteiger partial charge in [-0.3, -0.25) is 14.6 Å². The van der Waals surface area contributed by atoms with Crippen molar-refractivity contribution in [1.82, 2.24) is 0 Å². The van der Waals surface area contributed by atoms with Crippen LogP contribution in [-0.2, 0) is 9.59 Å². The van der Waals surface area contributed by atoms with Gasteiger partial charge >= 0.3 is 11.9 Å². The molecule has 1 rings (SSSR count). The molecule has 26 heavy (non-hydrogen) atoms. The van der Waals surface area contributed by atoms with Crippen LogP contribution in [-0.4, -0.2) is 28.4 Å². The number of nitrogens with zero attached hydrogens (tertiary/aromatic N) is 1. The highest BCUT2D eigenvalue weighted by Crippen LogP contribution is 2.32. The van der Waals surface area contributed by atoms with Crippen molar-refractivity contribution < 1.29 is 19.8 Å². The molecule has 0 aromatic rings. The summed E-state index contributed by atoms with van der Waals surface area (Å²) in [5, 5.41) is 19.3. The van der Waals surface area contributed by atoms with E-state index >= 15 is 0 Å². The van der Waals surface area contributed by atoms with E-state index in [1.807, 2.05) is 20.1 Å². The van der Waals surface area contributed by atoms with Gasteiger partial charge in [0.05, 0.1) is 11.8 Å². The van der Waals surface area contributed by atoms with Crippen LogP contribution in [0.3, 0.4) is 0 Å². The third-order valence-corrected chi connectivity index (χ3v) is 5.49. The molecule has 0 amide bonds. The average molecular weight is 366 g/mol. The number of carboxylic acid groups (broad SMARTS) is 2. The standard InChI is InChI=1S/C21H35NO4/c1-4-5-6-7-10-15(2)18(20(23)24)14-19(21(25)26)16(3)13-17-11-8-9-12-22-17/h11-12,15-16,18-19H,4-10,13-14H2,1-3H3,(H,23,24)(H,25,26). The maximum Gasteiger partial charge on any atom is 0.306 e. The van der Waals surface area contributed by atoms with Crippen molar-refractivity contribution in [1.29, 1.82) is 0 Å². The van der Waals surface area contributed by atoms with Crippen LogP contribution in [0.25, 0.3) is 0 Å². The van der Waals surface area contributed by atoms with Gasteiger partial charge in [0.2, 0.25) is 0 Å². The Hall–Kier alpha value is -1.65. The number of rotatable bonds is 13. The second kappa shape index (κ2) is 11.9. The van der Waals surface area contributed by atoms with E-state index in [9.17, 15) is 19.8 Å². The summed E-state index contributed by atoms with van der Waals surface area (Å²) in [5.74, 6) is -3.19. The second-order valence-electron chi connectivity index (χ2n) is 7.72. The van der Waals surface area contributed by atoms with E-state index in [0.29, 0.717) is 6.42 Å². The Kier molecular flexibility index (Phi) is 10.2. The van der Waals surface area contributed by atoms with Gasteiger partial charge < -0.3 is 10.2 Å². The summed E-state index contributed by atoms with van der Waals surface area (Å²) < 4.78 is 0. The summed E-state index contributed by atoms with van der Waals surface area (Å²) in [5.41, 5.74) is 0.925. The fourth-order valence-corrected chi connectivity index (χ4v) is 3.69. The fourth-order valence-electron chi connectivity index (χ4n) is 3.69. The molecular weight excluding hydrogens is 330 g/mol. The molecule has 1 aliphatic rings. The number of allylic oxidation sites excluding steroid dienone is 2. The monoisotopic (exact) mass is 365 g/mol. The van der Waals surface area contributed by atoms with Crippen LogP contribution >= 0.6 is 0 Å². The molecule has 1 heterocycles. The van der Waals surface area contributed by atoms with Crippen LogP contribution in [0.1, 0.15) is 78.6 Å². The van der Waals surface area contributed by atoms with Crippen LogP contribution in [0.15, 0.2) is 16.8 Å². The number of carbonyl (C=O) groups is 2. The second-order valence-corrected chi connectivity index (χ2v) is 7.72. The van der Waals surface area contributed by atoms with Gasteiger partial charge in [0.1, 0.15) is 0 Å². The third kappa shape index (κ3) is 7.71. The van der Waals surface area contributed by atoms with Gasteiger partial charge in [0.15, 0.2) is 0 Å². The number of carboxylic acids is 2. The largest absolute Gasteiger partial charge is 0.481 e. The zero-order valence-corrected chi connectivity index (χ0v) is 16.5. The molecule has 0 saturated heterocycles. The molecule has 0 aromatic heterocycles. The Morgan fingerprint density at radius 2 is 1.69 bits per heavy atom. The lowest BCUT2D eigenvalue weighted by Gasteiger charge is -2.27. The van der Waals surface area contributed by atoms with Gasteiger partial charge in [0.25, 0.3) is 0 Å². The molecule has 148 valence electrons. The molecule has 5 heteroatoms. The van der Waals surface area contributed by atoms with E-state index in [1.165, 1.54) is 0 Å². The average Bonchev–Trinajstić information content (AvgIpc) is 2.59. The van der Waals surface area contributed by atoms with E-state index < -0.39 is 23.8 Å². The Morgan fingerprint density at radius 3 is 2.23 bits per heavy atom. The maximum absolute atomic E-state index is 11.8. The zero-order valence-electron chi connectivity index (χ0n) is 16.5. The van der Waals surface area contributed by atoms with Crippen molar-refractivity contribution in [3.8, 4) is 0 Å². The first kappa shape index (κ1) is 22.4. The molecule has 0 radical (unpaired) electrons. The quantitative estimate of drug-likeness (QED) is 0.441. The summed E-state index contributed by atoms with van der Waals surface area (Å²) in [6, 6.07) is 0. The van der Waals surface area contributed by atoms with Crippen LogP contribution in [0.2, 0.25) is 0 Å². The van der Waals surface area contributed by atoms with Crippen molar-refractivity contribution in [2.45, 2.75) is 78.6 Å². The SMILES string of the molecule is CCCCCCC(C)C(CC(C(=O)O)C(C)CC1=CCCC=N1)C(=O)O. The van der Waals surface area contributed by atoms with E-state index in [0.717, 1.165) is 50.6 Å². The molecule has 0 saturated carbocycles. The molecule has 4 unspecified atom stereocenters. The first-order valence-corrected chi connectivity index (χ1v) is 10.0. The van der Waals surface area contributed by atoms with Crippen molar-refractivity contribution in [3.05, 3.63) is 11.8 Å². The van der Waals surface area contributed by atoms with Gasteiger partial charge in [-0.25, -0.2) is 0 Å². The van der Waals surface area contributed by atoms with E-state index in [4.69, 9.17) is 0 Å². The predicted molar refractivity (Wildman–Crippen MR) is 104 cm³/mol. The summed E-state index contributed by atoms with van der Waals surface area (Å²) >= 11 is 0. The number of aliphatic carboxylic acids is 2. The van der Waals surface area contributed by atoms with Gasteiger partial charge in [-0.2, -0.15) is 0 Å². The molecule has 0 fully saturated rings. The Bertz CT molecular complexity index is 512. The molecule has 2 N–H and O–H groups in total. The minimum absolute atomic E-state index is 0.00896. The van der Waals surface area contributed by atoms with Crippen LogP contribution < -0.4 is 0 Å². The number of hydrogen-bond donors (Lipinski definition) is 2. The summed E-state index contributed by atoms with van der Waals surface area (Å²) in [6.07, 6.45) is 11.8. The number of aliphatic imine (C=N–C) groups is 1. The fraction of sp³-hybridized carbons (Fsp3) is 0.762. The van der Waals surface area contributed by atoms with Gasteiger partial charge in [0, 0.05) is 11.9 Å². The molecule has 0 spiro atoms. The van der Waals surface area contributed by atoms with Gasteiger partial charge in [-0.1, -0.05) is 52.5 Å². The topological polar surface area (TPSA) is 87.0 Å². The molecule has 5 nitrogen and oxygen atoms in total. The minimum Gasteiger partial charge on any atom is -0.481 e. The molecule has 1 aliphatic heterocycles. The summed E-state index contributed by atoms with van der Waals surface area (Å²) in [6.45, 7) is 5.99. The van der Waals surface area contributed by atoms with Crippen LogP contribution in [0.5, 0.6) is 0 Å². The Morgan fingerprint density at radius 1 is 1.04 bits per heavy atom. The highest BCUT2D eigenvalue weighted by molar-refractivity contribution is 5.74. The van der Waals surface area contributed by atoms with E-state index in [-0.39, 0.29) is 18.3 Å². The van der Waals surface area contributed by atoms with Crippen molar-refractivity contribution in [3.63, 3.8) is 0 Å². The normalized spacial score (nSPS) is 18.7. The summed E-state index contributed by atoms with van der Waals surface area (Å²) in [4.78, 5) is 27.9. The Balaban J connectivity index is 2.70. The highest BCUT2D eigenvalue weighted by Gasteiger charge is 2.34. The highest BCUT2D eigenvalue weighted by atomic mass is 16.4. The van der Waals surface area contributed by atoms with E-state index in [1.54, 1.807) is 0 Å². The van der Waals surface area contributed by atoms with Crippen molar-refractivity contribution in [2.24, 2.45) is 28.7 Å². The first-order chi connectivity index (χ1) is 12.4. The number of hydrogen-bond acceptors (Lipinski definition) is 3. The predicted octanol–water partition coefficient (Wildman–Crippen LogP) is 5.16. The lowest BCUT2D eigenvalue weighted by atomic mass is 9.77. The van der Waals surface area contributed by atoms with Gasteiger partial charge in [-0.05, 0) is 43.9 Å².